The third-order valence-corrected chi connectivity index (χ3v) is 18.1. The number of hydrogen-bond donors (Lipinski definition) is 6. The summed E-state index contributed by atoms with van der Waals surface area (Å²) in [5.74, 6) is -1.58. The summed E-state index contributed by atoms with van der Waals surface area (Å²) >= 11 is 22.9. The molecule has 0 saturated carbocycles. The summed E-state index contributed by atoms with van der Waals surface area (Å²) in [6, 6.07) is 14.6. The largest absolute Gasteiger partial charge is 0.368 e. The lowest BCUT2D eigenvalue weighted by Crippen LogP contribution is -2.40. The number of aryl methyl sites for hydroxylation is 1. The summed E-state index contributed by atoms with van der Waals surface area (Å²) in [4.78, 5) is 25.8. The van der Waals surface area contributed by atoms with Gasteiger partial charge in [-0.15, -0.1) is 16.8 Å². The molecule has 0 radical (unpaired) electrons. The van der Waals surface area contributed by atoms with Crippen molar-refractivity contribution in [2.75, 3.05) is 41.2 Å². The van der Waals surface area contributed by atoms with Crippen molar-refractivity contribution in [2.45, 2.75) is 61.7 Å². The Labute approximate surface area is 426 Å². The van der Waals surface area contributed by atoms with Crippen LogP contribution >= 0.6 is 48.7 Å². The number of amides is 1. The minimum atomic E-state index is -4.91. The van der Waals surface area contributed by atoms with Gasteiger partial charge in [-0.1, -0.05) is 68.1 Å². The first kappa shape index (κ1) is 52.8. The van der Waals surface area contributed by atoms with Crippen LogP contribution in [0, 0.1) is 6.92 Å². The first-order valence-electron chi connectivity index (χ1n) is 20.7. The first-order chi connectivity index (χ1) is 32.3. The van der Waals surface area contributed by atoms with Crippen molar-refractivity contribution in [1.29, 1.82) is 0 Å². The summed E-state index contributed by atoms with van der Waals surface area (Å²) in [5, 5.41) is 3.01. The van der Waals surface area contributed by atoms with Gasteiger partial charge < -0.3 is 16.0 Å². The van der Waals surface area contributed by atoms with E-state index in [0.717, 1.165) is 41.1 Å². The summed E-state index contributed by atoms with van der Waals surface area (Å²) in [7, 11) is -18.5. The average Bonchev–Trinajstić information content (AvgIpc) is 3.65. The monoisotopic (exact) mass is 1110 g/mol. The minimum absolute atomic E-state index is 0.0447. The summed E-state index contributed by atoms with van der Waals surface area (Å²) in [6.07, 6.45) is 4.77. The summed E-state index contributed by atoms with van der Waals surface area (Å²) in [5.41, 5.74) is 9.91. The molecule has 4 aromatic rings. The number of nitrogen functional groups attached to an aromatic ring is 1. The number of nitrogens with two attached hydrogens (primary N) is 1. The normalized spacial score (nSPS) is 18.0. The maximum absolute atomic E-state index is 13.9. The number of aromatic nitrogens is 3. The number of halogens is 1. The van der Waals surface area contributed by atoms with E-state index in [9.17, 15) is 43.0 Å². The highest BCUT2D eigenvalue weighted by molar-refractivity contribution is 8.04. The van der Waals surface area contributed by atoms with Gasteiger partial charge in [-0.05, 0) is 86.3 Å². The van der Waals surface area contributed by atoms with Crippen molar-refractivity contribution >= 4 is 133 Å². The Balaban J connectivity index is 1.28. The Hall–Kier alpha value is -5.03. The number of thiol groups is 1. The fraction of sp³-hybridized carbons (Fsp3) is 0.279. The van der Waals surface area contributed by atoms with Crippen LogP contribution in [0.2, 0.25) is 5.28 Å². The molecule has 3 aliphatic rings. The van der Waals surface area contributed by atoms with E-state index in [1.165, 1.54) is 4.90 Å². The standard InChI is InChI=1S/C43H44ClN9O10S7/c1-23-10-12-32-29(16-23)42(2,3)34(53(32)22-68(57,58)51-69(59,60)25-8-7-9-26(18-25)70(61,62)63)20-28-36(64)27(37(65)38(28)66)19-33-43(4,5)30-17-24(14-15-46-41-48-39(44)47-40(45)49-41)11-13-31(30)52(33)21-35(54)50-67(6,55)56/h7-13,16-20,51H,14-15,21-22H2,1-6H3,(H5-,45,46,47,48,49,50,54,61,62,63,64,65,66)/p+1. The van der Waals surface area contributed by atoms with Crippen LogP contribution in [-0.4, -0.2) is 104 Å². The molecule has 7 rings (SSSR count). The second-order valence-corrected chi connectivity index (χ2v) is 26.0. The molecule has 370 valence electrons. The number of carbonyl (C=O) groups excluding carboxylic acids is 1. The van der Waals surface area contributed by atoms with Crippen molar-refractivity contribution in [3.8, 4) is 0 Å². The Morgan fingerprint density at radius 3 is 2.24 bits per heavy atom. The molecule has 3 heterocycles. The van der Waals surface area contributed by atoms with Gasteiger partial charge in [0.25, 0.3) is 26.0 Å². The summed E-state index contributed by atoms with van der Waals surface area (Å²) in [6.45, 7) is 9.42. The SMILES string of the molecule is Cc1ccc2c(c1)C(C)(C)C(=CC1=C(S)C(=CC3=[N+](CC(=O)NS(C)(=O)=O)c4ccc(CCNc5nc(N)nc(Cl)n5)cc4C3(C)C)C(=S)C1=S)N2CS(=O)(=O)NS(=O)(=O)c1cccc(S(=O)(=O)O)c1. The lowest BCUT2D eigenvalue weighted by molar-refractivity contribution is -0.425. The van der Waals surface area contributed by atoms with Crippen LogP contribution in [0.3, 0.4) is 0 Å². The quantitative estimate of drug-likeness (QED) is 0.0312. The minimum Gasteiger partial charge on any atom is -0.368 e. The maximum Gasteiger partial charge on any atom is 0.299 e. The predicted octanol–water partition coefficient (Wildman–Crippen LogP) is 4.58. The van der Waals surface area contributed by atoms with Gasteiger partial charge >= 0.3 is 0 Å². The number of benzene rings is 3. The van der Waals surface area contributed by atoms with E-state index < -0.39 is 79.1 Å². The van der Waals surface area contributed by atoms with Crippen LogP contribution in [0.25, 0.3) is 0 Å². The Morgan fingerprint density at radius 2 is 1.59 bits per heavy atom. The number of hydrogen-bond acceptors (Lipinski definition) is 18. The Kier molecular flexibility index (Phi) is 14.2. The number of allylic oxidation sites excluding steroid dienone is 5. The molecule has 27 heteroatoms. The number of carbonyl (C=O) groups is 1. The second-order valence-electron chi connectivity index (χ2n) is 17.6. The van der Waals surface area contributed by atoms with Crippen molar-refractivity contribution in [1.82, 2.24) is 23.8 Å². The molecular formula is C43H45ClN9O10S7+. The maximum atomic E-state index is 13.9. The molecule has 1 amide bonds. The number of rotatable bonds is 15. The lowest BCUT2D eigenvalue weighted by Gasteiger charge is -2.27. The van der Waals surface area contributed by atoms with E-state index in [1.807, 2.05) is 63.6 Å². The molecule has 0 fully saturated rings. The van der Waals surface area contributed by atoms with E-state index in [-0.39, 0.29) is 26.9 Å². The molecule has 6 N–H and O–H groups in total. The van der Waals surface area contributed by atoms with E-state index in [2.05, 4.69) is 20.3 Å². The van der Waals surface area contributed by atoms with Gasteiger partial charge in [-0.3, -0.25) is 9.35 Å². The smallest absolute Gasteiger partial charge is 0.299 e. The molecule has 0 saturated heterocycles. The zero-order valence-corrected chi connectivity index (χ0v) is 44.5. The zero-order chi connectivity index (χ0) is 51.7. The third-order valence-electron chi connectivity index (χ3n) is 11.6. The van der Waals surface area contributed by atoms with Crippen molar-refractivity contribution < 1.29 is 47.6 Å². The van der Waals surface area contributed by atoms with Crippen molar-refractivity contribution in [2.24, 2.45) is 0 Å². The van der Waals surface area contributed by atoms with Gasteiger partial charge in [-0.25, -0.2) is 30.0 Å². The fourth-order valence-corrected chi connectivity index (χ4v) is 13.8. The van der Waals surface area contributed by atoms with Crippen LogP contribution in [0.4, 0.5) is 23.3 Å². The Bertz CT molecular complexity index is 3560. The van der Waals surface area contributed by atoms with Crippen LogP contribution in [0.1, 0.15) is 49.9 Å². The van der Waals surface area contributed by atoms with Gasteiger partial charge in [0.2, 0.25) is 49.5 Å². The lowest BCUT2D eigenvalue weighted by atomic mass is 9.80. The first-order valence-corrected chi connectivity index (χ1v) is 28.8. The van der Waals surface area contributed by atoms with E-state index in [0.29, 0.717) is 63.4 Å². The highest BCUT2D eigenvalue weighted by atomic mass is 35.5. The summed E-state index contributed by atoms with van der Waals surface area (Å²) < 4.78 is 118. The van der Waals surface area contributed by atoms with Crippen LogP contribution < -0.4 is 24.8 Å². The molecular weight excluding hydrogens is 1060 g/mol. The Morgan fingerprint density at radius 1 is 0.900 bits per heavy atom. The van der Waals surface area contributed by atoms with E-state index in [1.54, 1.807) is 33.0 Å². The topological polar surface area (TPSA) is 281 Å². The van der Waals surface area contributed by atoms with Crippen LogP contribution in [-0.2, 0) is 62.2 Å². The number of sulfonamides is 3. The molecule has 0 unspecified atom stereocenters. The second kappa shape index (κ2) is 18.9. The van der Waals surface area contributed by atoms with Gasteiger partial charge in [-0.2, -0.15) is 27.9 Å². The third kappa shape index (κ3) is 10.9. The van der Waals surface area contributed by atoms with Gasteiger partial charge in [0.15, 0.2) is 5.71 Å². The molecule has 0 spiro atoms. The number of anilines is 3. The number of fused-ring (bicyclic) bond motifs is 2. The van der Waals surface area contributed by atoms with E-state index >= 15 is 0 Å². The van der Waals surface area contributed by atoms with Crippen molar-refractivity contribution in [3.63, 3.8) is 0 Å². The number of nitrogens with zero attached hydrogens (tertiary/aromatic N) is 5. The molecule has 19 nitrogen and oxygen atoms in total. The molecule has 1 aromatic heterocycles. The molecule has 2 aliphatic heterocycles. The zero-order valence-electron chi connectivity index (χ0n) is 38.0. The molecule has 1 aliphatic carbocycles. The highest BCUT2D eigenvalue weighted by Crippen LogP contribution is 2.50. The molecule has 0 bridgehead atoms. The average molecular weight is 1110 g/mol. The molecule has 70 heavy (non-hydrogen) atoms. The van der Waals surface area contributed by atoms with Crippen LogP contribution in [0.5, 0.6) is 0 Å². The number of nitrogens with one attached hydrogen (secondary N) is 3. The molecule has 3 aromatic carbocycles. The van der Waals surface area contributed by atoms with Gasteiger partial charge in [0, 0.05) is 57.1 Å². The predicted molar refractivity (Wildman–Crippen MR) is 278 cm³/mol. The van der Waals surface area contributed by atoms with Crippen LogP contribution in [0.15, 0.2) is 104 Å². The molecule has 0 atom stereocenters. The van der Waals surface area contributed by atoms with E-state index in [4.69, 9.17) is 54.4 Å². The highest BCUT2D eigenvalue weighted by Gasteiger charge is 2.47. The fourth-order valence-electron chi connectivity index (χ4n) is 8.40. The number of thiocarbonyl (C=S) groups is 2. The van der Waals surface area contributed by atoms with Gasteiger partial charge in [0.1, 0.15) is 5.88 Å². The van der Waals surface area contributed by atoms with Crippen molar-refractivity contribution in [3.05, 3.63) is 122 Å². The van der Waals surface area contributed by atoms with Gasteiger partial charge in [0.05, 0.1) is 31.2 Å².